The lowest BCUT2D eigenvalue weighted by Gasteiger charge is -2.25. The molecule has 2 aromatic rings. The summed E-state index contributed by atoms with van der Waals surface area (Å²) in [6.45, 7) is 1.22. The van der Waals surface area contributed by atoms with Crippen molar-refractivity contribution in [3.05, 3.63) is 70.8 Å². The average Bonchev–Trinajstić information content (AvgIpc) is 2.81. The second-order valence-corrected chi connectivity index (χ2v) is 8.92. The van der Waals surface area contributed by atoms with Crippen molar-refractivity contribution < 1.29 is 9.59 Å². The van der Waals surface area contributed by atoms with Gasteiger partial charge in [0.05, 0.1) is 0 Å². The number of amides is 4. The zero-order valence-electron chi connectivity index (χ0n) is 18.7. The van der Waals surface area contributed by atoms with Gasteiger partial charge in [0.2, 0.25) is 0 Å². The molecule has 2 aliphatic rings. The molecule has 0 aliphatic heterocycles. The Morgan fingerprint density at radius 2 is 1.06 bits per heavy atom. The molecule has 2 atom stereocenters. The number of hydrogen-bond donors (Lipinski definition) is 4. The van der Waals surface area contributed by atoms with E-state index in [0.717, 1.165) is 51.4 Å². The Kier molecular flexibility index (Phi) is 7.64. The molecule has 4 N–H and O–H groups in total. The van der Waals surface area contributed by atoms with Crippen molar-refractivity contribution >= 4 is 12.1 Å². The summed E-state index contributed by atoms with van der Waals surface area (Å²) in [6.07, 6.45) is 7.46. The molecule has 0 fully saturated rings. The number of hydrogen-bond acceptors (Lipinski definition) is 2. The van der Waals surface area contributed by atoms with E-state index in [9.17, 15) is 9.59 Å². The Labute approximate surface area is 190 Å². The number of rotatable bonds is 7. The van der Waals surface area contributed by atoms with Crippen LogP contribution >= 0.6 is 0 Å². The minimum absolute atomic E-state index is 0.0994. The molecule has 6 heteroatoms. The highest BCUT2D eigenvalue weighted by atomic mass is 16.2. The molecule has 0 spiro atoms. The summed E-state index contributed by atoms with van der Waals surface area (Å²) in [6, 6.07) is 17.1. The van der Waals surface area contributed by atoms with E-state index in [2.05, 4.69) is 69.8 Å². The van der Waals surface area contributed by atoms with Gasteiger partial charge in [0.25, 0.3) is 0 Å². The van der Waals surface area contributed by atoms with Gasteiger partial charge < -0.3 is 21.3 Å². The van der Waals surface area contributed by atoms with Crippen molar-refractivity contribution in [1.82, 2.24) is 21.3 Å². The smallest absolute Gasteiger partial charge is 0.315 e. The third-order valence-corrected chi connectivity index (χ3v) is 6.54. The molecule has 0 aromatic heterocycles. The predicted octanol–water partition coefficient (Wildman–Crippen LogP) is 3.48. The first-order chi connectivity index (χ1) is 15.7. The maximum atomic E-state index is 12.2. The van der Waals surface area contributed by atoms with Gasteiger partial charge in [-0.2, -0.15) is 0 Å². The van der Waals surface area contributed by atoms with Crippen molar-refractivity contribution in [3.8, 4) is 0 Å². The lowest BCUT2D eigenvalue weighted by Crippen LogP contribution is -2.45. The van der Waals surface area contributed by atoms with Gasteiger partial charge in [-0.3, -0.25) is 0 Å². The maximum absolute atomic E-state index is 12.2. The van der Waals surface area contributed by atoms with Crippen LogP contribution in [-0.2, 0) is 25.7 Å². The summed E-state index contributed by atoms with van der Waals surface area (Å²) in [5, 5.41) is 12.1. The van der Waals surface area contributed by atoms with Gasteiger partial charge in [-0.05, 0) is 73.6 Å². The molecule has 32 heavy (non-hydrogen) atoms. The SMILES string of the molecule is O=C(NCCCCNC(=O)N[C@@H]1CCc2ccccc2C1)N[C@@H]1CCc2ccccc2C1. The van der Waals surface area contributed by atoms with Crippen LogP contribution in [0.5, 0.6) is 0 Å². The fourth-order valence-electron chi connectivity index (χ4n) is 4.77. The number of carbonyl (C=O) groups is 2. The molecule has 0 heterocycles. The number of benzene rings is 2. The van der Waals surface area contributed by atoms with Crippen LogP contribution in [0, 0.1) is 0 Å². The Bertz CT molecular complexity index is 854. The Morgan fingerprint density at radius 3 is 1.50 bits per heavy atom. The van der Waals surface area contributed by atoms with Crippen LogP contribution in [0.1, 0.15) is 47.9 Å². The van der Waals surface area contributed by atoms with Crippen molar-refractivity contribution in [2.24, 2.45) is 0 Å². The largest absolute Gasteiger partial charge is 0.338 e. The molecule has 170 valence electrons. The molecular weight excluding hydrogens is 400 g/mol. The van der Waals surface area contributed by atoms with Crippen molar-refractivity contribution in [2.45, 2.75) is 63.5 Å². The lowest BCUT2D eigenvalue weighted by atomic mass is 9.88. The second kappa shape index (κ2) is 11.0. The Hall–Kier alpha value is -3.02. The van der Waals surface area contributed by atoms with Gasteiger partial charge >= 0.3 is 12.1 Å². The molecule has 0 unspecified atom stereocenters. The topological polar surface area (TPSA) is 82.3 Å². The Morgan fingerprint density at radius 1 is 0.656 bits per heavy atom. The minimum Gasteiger partial charge on any atom is -0.338 e. The number of fused-ring (bicyclic) bond motifs is 2. The highest BCUT2D eigenvalue weighted by Gasteiger charge is 2.20. The van der Waals surface area contributed by atoms with Crippen LogP contribution in [0.4, 0.5) is 9.59 Å². The highest BCUT2D eigenvalue weighted by molar-refractivity contribution is 5.74. The van der Waals surface area contributed by atoms with Crippen LogP contribution in [0.15, 0.2) is 48.5 Å². The first kappa shape index (κ1) is 22.2. The van der Waals surface area contributed by atoms with E-state index >= 15 is 0 Å². The lowest BCUT2D eigenvalue weighted by molar-refractivity contribution is 0.233. The van der Waals surface area contributed by atoms with E-state index in [1.165, 1.54) is 22.3 Å². The zero-order chi connectivity index (χ0) is 22.2. The molecule has 2 aliphatic carbocycles. The molecule has 0 bridgehead atoms. The molecule has 0 saturated heterocycles. The number of aryl methyl sites for hydroxylation is 2. The van der Waals surface area contributed by atoms with Gasteiger partial charge in [0, 0.05) is 25.2 Å². The molecule has 0 radical (unpaired) electrons. The molecule has 0 saturated carbocycles. The fraction of sp³-hybridized carbons (Fsp3) is 0.462. The van der Waals surface area contributed by atoms with Crippen molar-refractivity contribution in [3.63, 3.8) is 0 Å². The van der Waals surface area contributed by atoms with Gasteiger partial charge in [0.1, 0.15) is 0 Å². The third kappa shape index (κ3) is 6.25. The van der Waals surface area contributed by atoms with Crippen molar-refractivity contribution in [1.29, 1.82) is 0 Å². The van der Waals surface area contributed by atoms with Crippen LogP contribution in [0.25, 0.3) is 0 Å². The summed E-state index contributed by atoms with van der Waals surface area (Å²) in [7, 11) is 0. The van der Waals surface area contributed by atoms with E-state index in [-0.39, 0.29) is 24.1 Å². The molecule has 6 nitrogen and oxygen atoms in total. The summed E-state index contributed by atoms with van der Waals surface area (Å²) in [5.41, 5.74) is 5.48. The molecular formula is C26H34N4O2. The maximum Gasteiger partial charge on any atom is 0.315 e. The van der Waals surface area contributed by atoms with Gasteiger partial charge in [-0.15, -0.1) is 0 Å². The van der Waals surface area contributed by atoms with Gasteiger partial charge in [-0.25, -0.2) is 9.59 Å². The van der Waals surface area contributed by atoms with Crippen LogP contribution < -0.4 is 21.3 Å². The zero-order valence-corrected chi connectivity index (χ0v) is 18.7. The van der Waals surface area contributed by atoms with E-state index in [1.807, 2.05) is 0 Å². The summed E-state index contributed by atoms with van der Waals surface area (Å²) in [5.74, 6) is 0. The van der Waals surface area contributed by atoms with Crippen LogP contribution in [0.2, 0.25) is 0 Å². The monoisotopic (exact) mass is 434 g/mol. The highest BCUT2D eigenvalue weighted by Crippen LogP contribution is 2.21. The second-order valence-electron chi connectivity index (χ2n) is 8.92. The first-order valence-corrected chi connectivity index (χ1v) is 11.9. The third-order valence-electron chi connectivity index (χ3n) is 6.54. The summed E-state index contributed by atoms with van der Waals surface area (Å²) >= 11 is 0. The number of unbranched alkanes of at least 4 members (excludes halogenated alkanes) is 1. The molecule has 2 aromatic carbocycles. The van der Waals surface area contributed by atoms with E-state index < -0.39 is 0 Å². The van der Waals surface area contributed by atoms with Crippen LogP contribution in [-0.4, -0.2) is 37.2 Å². The number of nitrogens with one attached hydrogen (secondary N) is 4. The summed E-state index contributed by atoms with van der Waals surface area (Å²) in [4.78, 5) is 24.3. The molecule has 4 amide bonds. The van der Waals surface area contributed by atoms with Gasteiger partial charge in [0.15, 0.2) is 0 Å². The number of urea groups is 2. The summed E-state index contributed by atoms with van der Waals surface area (Å²) < 4.78 is 0. The van der Waals surface area contributed by atoms with Crippen LogP contribution in [0.3, 0.4) is 0 Å². The average molecular weight is 435 g/mol. The Balaban J connectivity index is 1.04. The van der Waals surface area contributed by atoms with E-state index in [1.54, 1.807) is 0 Å². The molecule has 4 rings (SSSR count). The number of carbonyl (C=O) groups excluding carboxylic acids is 2. The quantitative estimate of drug-likeness (QED) is 0.503. The first-order valence-electron chi connectivity index (χ1n) is 11.9. The normalized spacial score (nSPS) is 19.2. The van der Waals surface area contributed by atoms with E-state index in [4.69, 9.17) is 0 Å². The van der Waals surface area contributed by atoms with Gasteiger partial charge in [-0.1, -0.05) is 48.5 Å². The predicted molar refractivity (Wildman–Crippen MR) is 127 cm³/mol. The van der Waals surface area contributed by atoms with Crippen molar-refractivity contribution in [2.75, 3.05) is 13.1 Å². The fourth-order valence-corrected chi connectivity index (χ4v) is 4.77. The standard InChI is InChI=1S/C26H34N4O2/c31-25(29-23-13-11-19-7-1-3-9-21(19)17-23)27-15-5-6-16-28-26(32)30-24-14-12-20-8-2-4-10-22(20)18-24/h1-4,7-10,23-24H,5-6,11-18H2,(H2,27,29,31)(H2,28,30,32)/t23-,24-/m1/s1. The minimum atomic E-state index is -0.0994. The van der Waals surface area contributed by atoms with E-state index in [0.29, 0.717) is 13.1 Å².